The number of rotatable bonds is 2. The fourth-order valence-corrected chi connectivity index (χ4v) is 3.13. The molecule has 1 N–H and O–H groups in total. The summed E-state index contributed by atoms with van der Waals surface area (Å²) in [6.07, 6.45) is 4.55. The van der Waals surface area contributed by atoms with Gasteiger partial charge in [-0.25, -0.2) is 14.6 Å². The molecule has 0 atom stereocenters. The van der Waals surface area contributed by atoms with Crippen molar-refractivity contribution in [1.29, 1.82) is 0 Å². The van der Waals surface area contributed by atoms with Crippen molar-refractivity contribution in [1.82, 2.24) is 14.3 Å². The lowest BCUT2D eigenvalue weighted by atomic mass is 9.90. The second kappa shape index (κ2) is 6.38. The highest BCUT2D eigenvalue weighted by atomic mass is 16.6. The molecule has 0 radical (unpaired) electrons. The van der Waals surface area contributed by atoms with Gasteiger partial charge in [0.25, 0.3) is 0 Å². The molecule has 7 heteroatoms. The Balaban J connectivity index is 1.68. The minimum Gasteiger partial charge on any atom is -0.477 e. The van der Waals surface area contributed by atoms with Crippen molar-refractivity contribution in [2.75, 3.05) is 13.1 Å². The predicted octanol–water partition coefficient (Wildman–Crippen LogP) is 3.15. The number of aromatic carboxylic acids is 1. The van der Waals surface area contributed by atoms with Crippen molar-refractivity contribution in [2.45, 2.75) is 45.1 Å². The zero-order valence-corrected chi connectivity index (χ0v) is 14.7. The molecule has 2 aromatic rings. The number of carbonyl (C=O) groups excluding carboxylic acids is 1. The van der Waals surface area contributed by atoms with Gasteiger partial charge in [-0.3, -0.25) is 4.40 Å². The maximum absolute atomic E-state index is 12.1. The summed E-state index contributed by atoms with van der Waals surface area (Å²) in [5.74, 6) is -0.667. The number of likely N-dealkylation sites (tertiary alicyclic amines) is 1. The highest BCUT2D eigenvalue weighted by molar-refractivity contribution is 5.86. The average Bonchev–Trinajstić information content (AvgIpc) is 2.96. The average molecular weight is 345 g/mol. The molecule has 0 spiro atoms. The van der Waals surface area contributed by atoms with Crippen molar-refractivity contribution in [3.8, 4) is 0 Å². The molecule has 0 bridgehead atoms. The molecule has 3 heterocycles. The number of ether oxygens (including phenoxy) is 1. The largest absolute Gasteiger partial charge is 0.477 e. The van der Waals surface area contributed by atoms with Crippen LogP contribution in [0.1, 0.15) is 55.6 Å². The molecule has 0 aromatic carbocycles. The normalized spacial score (nSPS) is 16.2. The maximum Gasteiger partial charge on any atom is 0.410 e. The number of pyridine rings is 1. The number of carboxylic acid groups (broad SMARTS) is 1. The molecular weight excluding hydrogens is 322 g/mol. The monoisotopic (exact) mass is 345 g/mol. The van der Waals surface area contributed by atoms with Crippen molar-refractivity contribution < 1.29 is 19.4 Å². The standard InChI is InChI=1S/C18H23N3O4/c1-18(2,3)25-17(24)20-7-4-12(5-8-20)13-6-9-21-14(16(22)23)11-19-15(21)10-13/h6,9-12H,4-5,7-8H2,1-3H3,(H,22,23). The highest BCUT2D eigenvalue weighted by Crippen LogP contribution is 2.29. The molecule has 3 rings (SSSR count). The molecule has 1 amide bonds. The van der Waals surface area contributed by atoms with Crippen molar-refractivity contribution in [2.24, 2.45) is 0 Å². The molecule has 1 aliphatic heterocycles. The van der Waals surface area contributed by atoms with Gasteiger partial charge in [0.1, 0.15) is 11.2 Å². The Morgan fingerprint density at radius 1 is 1.28 bits per heavy atom. The molecular formula is C18H23N3O4. The highest BCUT2D eigenvalue weighted by Gasteiger charge is 2.27. The number of amides is 1. The van der Waals surface area contributed by atoms with E-state index in [0.29, 0.717) is 24.7 Å². The van der Waals surface area contributed by atoms with E-state index in [4.69, 9.17) is 9.84 Å². The summed E-state index contributed by atoms with van der Waals surface area (Å²) in [5, 5.41) is 9.14. The summed E-state index contributed by atoms with van der Waals surface area (Å²) in [7, 11) is 0. The lowest BCUT2D eigenvalue weighted by Gasteiger charge is -2.33. The summed E-state index contributed by atoms with van der Waals surface area (Å²) >= 11 is 0. The van der Waals surface area contributed by atoms with Crippen molar-refractivity contribution in [3.63, 3.8) is 0 Å². The molecule has 1 fully saturated rings. The topological polar surface area (TPSA) is 84.1 Å². The number of nitrogens with zero attached hydrogens (tertiary/aromatic N) is 3. The number of imidazole rings is 1. The Hall–Kier alpha value is -2.57. The van der Waals surface area contributed by atoms with Gasteiger partial charge >= 0.3 is 12.1 Å². The summed E-state index contributed by atoms with van der Waals surface area (Å²) < 4.78 is 6.99. The van der Waals surface area contributed by atoms with Crippen LogP contribution in [0.5, 0.6) is 0 Å². The zero-order chi connectivity index (χ0) is 18.2. The first-order valence-corrected chi connectivity index (χ1v) is 8.43. The van der Waals surface area contributed by atoms with Crippen LogP contribution in [0, 0.1) is 0 Å². The van der Waals surface area contributed by atoms with E-state index in [1.807, 2.05) is 32.9 Å². The van der Waals surface area contributed by atoms with Gasteiger partial charge in [0.05, 0.1) is 6.20 Å². The molecule has 134 valence electrons. The second-order valence-corrected chi connectivity index (χ2v) is 7.38. The molecule has 1 saturated heterocycles. The summed E-state index contributed by atoms with van der Waals surface area (Å²) in [6.45, 7) is 6.90. The number of carboxylic acids is 1. The predicted molar refractivity (Wildman–Crippen MR) is 91.9 cm³/mol. The Kier molecular flexibility index (Phi) is 4.41. The van der Waals surface area contributed by atoms with Crippen LogP contribution in [-0.4, -0.2) is 50.1 Å². The SMILES string of the molecule is CC(C)(C)OC(=O)N1CCC(c2ccn3c(C(=O)O)cnc3c2)CC1. The summed E-state index contributed by atoms with van der Waals surface area (Å²) in [4.78, 5) is 29.2. The second-order valence-electron chi connectivity index (χ2n) is 7.38. The Labute approximate surface area is 146 Å². The first-order chi connectivity index (χ1) is 11.7. The van der Waals surface area contributed by atoms with E-state index < -0.39 is 11.6 Å². The van der Waals surface area contributed by atoms with E-state index in [1.54, 1.807) is 15.5 Å². The number of hydrogen-bond donors (Lipinski definition) is 1. The van der Waals surface area contributed by atoms with Crippen LogP contribution in [0.25, 0.3) is 5.65 Å². The zero-order valence-electron chi connectivity index (χ0n) is 14.7. The van der Waals surface area contributed by atoms with E-state index in [1.165, 1.54) is 6.20 Å². The van der Waals surface area contributed by atoms with Gasteiger partial charge in [-0.2, -0.15) is 0 Å². The molecule has 0 unspecified atom stereocenters. The fourth-order valence-electron chi connectivity index (χ4n) is 3.13. The van der Waals surface area contributed by atoms with E-state index in [9.17, 15) is 9.59 Å². The van der Waals surface area contributed by atoms with Crippen LogP contribution in [0.2, 0.25) is 0 Å². The van der Waals surface area contributed by atoms with Gasteiger partial charge in [-0.05, 0) is 57.2 Å². The Bertz CT molecular complexity index is 798. The van der Waals surface area contributed by atoms with Gasteiger partial charge in [-0.15, -0.1) is 0 Å². The molecule has 0 saturated carbocycles. The van der Waals surface area contributed by atoms with E-state index in [2.05, 4.69) is 4.98 Å². The molecule has 7 nitrogen and oxygen atoms in total. The molecule has 25 heavy (non-hydrogen) atoms. The quantitative estimate of drug-likeness (QED) is 0.904. The number of piperidine rings is 1. The first kappa shape index (κ1) is 17.3. The lowest BCUT2D eigenvalue weighted by molar-refractivity contribution is 0.0204. The smallest absolute Gasteiger partial charge is 0.410 e. The van der Waals surface area contributed by atoms with E-state index in [-0.39, 0.29) is 11.8 Å². The van der Waals surface area contributed by atoms with Crippen LogP contribution in [-0.2, 0) is 4.74 Å². The Morgan fingerprint density at radius 2 is 1.96 bits per heavy atom. The van der Waals surface area contributed by atoms with Crippen molar-refractivity contribution >= 4 is 17.7 Å². The van der Waals surface area contributed by atoms with E-state index in [0.717, 1.165) is 18.4 Å². The Morgan fingerprint density at radius 3 is 2.56 bits per heavy atom. The van der Waals surface area contributed by atoms with Gasteiger partial charge in [0, 0.05) is 19.3 Å². The van der Waals surface area contributed by atoms with Crippen LogP contribution in [0.4, 0.5) is 4.79 Å². The third-order valence-electron chi connectivity index (χ3n) is 4.37. The third kappa shape index (κ3) is 3.75. The van der Waals surface area contributed by atoms with E-state index >= 15 is 0 Å². The van der Waals surface area contributed by atoms with Gasteiger partial charge in [-0.1, -0.05) is 0 Å². The minimum atomic E-state index is -0.995. The van der Waals surface area contributed by atoms with Gasteiger partial charge in [0.2, 0.25) is 0 Å². The molecule has 2 aromatic heterocycles. The van der Waals surface area contributed by atoms with Crippen LogP contribution >= 0.6 is 0 Å². The number of aromatic nitrogens is 2. The maximum atomic E-state index is 12.1. The minimum absolute atomic E-state index is 0.154. The summed E-state index contributed by atoms with van der Waals surface area (Å²) in [6, 6.07) is 3.87. The van der Waals surface area contributed by atoms with Crippen LogP contribution in [0.15, 0.2) is 24.5 Å². The summed E-state index contributed by atoms with van der Waals surface area (Å²) in [5.41, 5.74) is 1.42. The lowest BCUT2D eigenvalue weighted by Crippen LogP contribution is -2.41. The number of fused-ring (bicyclic) bond motifs is 1. The molecule has 1 aliphatic rings. The first-order valence-electron chi connectivity index (χ1n) is 8.43. The van der Waals surface area contributed by atoms with Gasteiger partial charge < -0.3 is 14.7 Å². The fraction of sp³-hybridized carbons (Fsp3) is 0.500. The number of hydrogen-bond acceptors (Lipinski definition) is 4. The number of carbonyl (C=O) groups is 2. The van der Waals surface area contributed by atoms with Crippen LogP contribution < -0.4 is 0 Å². The van der Waals surface area contributed by atoms with Crippen LogP contribution in [0.3, 0.4) is 0 Å². The van der Waals surface area contributed by atoms with Gasteiger partial charge in [0.15, 0.2) is 5.69 Å². The molecule has 0 aliphatic carbocycles. The third-order valence-corrected chi connectivity index (χ3v) is 4.37. The van der Waals surface area contributed by atoms with Crippen molar-refractivity contribution in [3.05, 3.63) is 35.8 Å².